The van der Waals surface area contributed by atoms with Gasteiger partial charge in [0.15, 0.2) is 5.16 Å². The van der Waals surface area contributed by atoms with Crippen LogP contribution in [0.5, 0.6) is 5.75 Å². The Morgan fingerprint density at radius 1 is 1.25 bits per heavy atom. The molecule has 1 aromatic carbocycles. The number of esters is 1. The number of hydrogen-bond donors (Lipinski definition) is 2. The van der Waals surface area contributed by atoms with Gasteiger partial charge in [-0.25, -0.2) is 9.78 Å². The summed E-state index contributed by atoms with van der Waals surface area (Å²) in [6.45, 7) is 3.85. The second-order valence-corrected chi connectivity index (χ2v) is 7.43. The summed E-state index contributed by atoms with van der Waals surface area (Å²) in [5.41, 5.74) is 1.92. The molecule has 2 heterocycles. The van der Waals surface area contributed by atoms with Gasteiger partial charge in [0.1, 0.15) is 11.6 Å². The van der Waals surface area contributed by atoms with Crippen LogP contribution in [0.15, 0.2) is 45.5 Å². The average Bonchev–Trinajstić information content (AvgIpc) is 2.70. The van der Waals surface area contributed by atoms with Crippen LogP contribution in [0.3, 0.4) is 0 Å². The van der Waals surface area contributed by atoms with Gasteiger partial charge in [0, 0.05) is 11.4 Å². The molecule has 8 heteroatoms. The van der Waals surface area contributed by atoms with Gasteiger partial charge in [0.2, 0.25) is 0 Å². The zero-order valence-corrected chi connectivity index (χ0v) is 17.1. The van der Waals surface area contributed by atoms with Gasteiger partial charge in [-0.15, -0.1) is 0 Å². The molecule has 0 spiro atoms. The van der Waals surface area contributed by atoms with E-state index in [2.05, 4.69) is 22.2 Å². The van der Waals surface area contributed by atoms with Gasteiger partial charge in [-0.2, -0.15) is 0 Å². The van der Waals surface area contributed by atoms with E-state index in [-0.39, 0.29) is 5.56 Å². The Balaban J connectivity index is 2.18. The third-order valence-corrected chi connectivity index (χ3v) is 5.60. The molecule has 0 amide bonds. The zero-order valence-electron chi connectivity index (χ0n) is 16.3. The van der Waals surface area contributed by atoms with E-state index in [0.29, 0.717) is 33.6 Å². The number of thioether (sulfide) groups is 1. The minimum absolute atomic E-state index is 0.272. The van der Waals surface area contributed by atoms with Crippen LogP contribution in [0.2, 0.25) is 0 Å². The number of carbonyl (C=O) groups excluding carboxylic acids is 1. The number of rotatable bonds is 6. The normalized spacial score (nSPS) is 15.6. The summed E-state index contributed by atoms with van der Waals surface area (Å²) >= 11 is 1.49. The summed E-state index contributed by atoms with van der Waals surface area (Å²) in [6, 6.07) is 7.28. The largest absolute Gasteiger partial charge is 0.497 e. The molecule has 1 aromatic heterocycles. The second kappa shape index (κ2) is 8.52. The molecule has 0 bridgehead atoms. The summed E-state index contributed by atoms with van der Waals surface area (Å²) in [7, 11) is 2.92. The number of carbonyl (C=O) groups is 1. The van der Waals surface area contributed by atoms with E-state index in [4.69, 9.17) is 9.47 Å². The first-order valence-electron chi connectivity index (χ1n) is 8.97. The van der Waals surface area contributed by atoms with Crippen molar-refractivity contribution in [2.75, 3.05) is 25.3 Å². The van der Waals surface area contributed by atoms with Crippen LogP contribution in [-0.4, -0.2) is 35.9 Å². The molecule has 0 radical (unpaired) electrons. The van der Waals surface area contributed by atoms with Crippen LogP contribution >= 0.6 is 11.8 Å². The molecule has 1 aliphatic rings. The molecular weight excluding hydrogens is 378 g/mol. The SMILES string of the molecule is CCCSc1nc2c(c(=O)[nH]1)[C@@H](c1ccc(OC)cc1)C(C(=O)OC)=C(C)N2. The van der Waals surface area contributed by atoms with Crippen LogP contribution in [0, 0.1) is 0 Å². The highest BCUT2D eigenvalue weighted by Crippen LogP contribution is 2.40. The molecule has 0 fully saturated rings. The van der Waals surface area contributed by atoms with Crippen molar-refractivity contribution in [1.29, 1.82) is 0 Å². The molecule has 1 aliphatic heterocycles. The molecule has 28 heavy (non-hydrogen) atoms. The molecule has 2 aromatic rings. The van der Waals surface area contributed by atoms with Crippen LogP contribution in [-0.2, 0) is 9.53 Å². The van der Waals surface area contributed by atoms with E-state index in [1.54, 1.807) is 26.2 Å². The number of ether oxygens (including phenoxy) is 2. The number of allylic oxidation sites excluding steroid dienone is 1. The molecule has 7 nitrogen and oxygen atoms in total. The maximum atomic E-state index is 13.0. The van der Waals surface area contributed by atoms with Crippen LogP contribution < -0.4 is 15.6 Å². The summed E-state index contributed by atoms with van der Waals surface area (Å²) in [5.74, 6) is 0.938. The fraction of sp³-hybridized carbons (Fsp3) is 0.350. The Morgan fingerprint density at radius 3 is 2.57 bits per heavy atom. The van der Waals surface area contributed by atoms with Crippen molar-refractivity contribution in [3.8, 4) is 5.75 Å². The van der Waals surface area contributed by atoms with E-state index in [1.165, 1.54) is 18.9 Å². The van der Waals surface area contributed by atoms with Crippen molar-refractivity contribution in [3.05, 3.63) is 57.0 Å². The number of anilines is 1. The lowest BCUT2D eigenvalue weighted by molar-refractivity contribution is -0.136. The summed E-state index contributed by atoms with van der Waals surface area (Å²) in [5, 5.41) is 3.67. The maximum Gasteiger partial charge on any atom is 0.336 e. The Labute approximate surface area is 167 Å². The minimum atomic E-state index is -0.587. The monoisotopic (exact) mass is 401 g/mol. The van der Waals surface area contributed by atoms with Gasteiger partial charge in [0.25, 0.3) is 5.56 Å². The topological polar surface area (TPSA) is 93.3 Å². The number of benzene rings is 1. The third-order valence-electron chi connectivity index (χ3n) is 4.52. The fourth-order valence-corrected chi connectivity index (χ4v) is 3.93. The number of methoxy groups -OCH3 is 2. The number of aromatic nitrogens is 2. The van der Waals surface area contributed by atoms with E-state index in [0.717, 1.165) is 17.7 Å². The first-order chi connectivity index (χ1) is 13.5. The fourth-order valence-electron chi connectivity index (χ4n) is 3.21. The van der Waals surface area contributed by atoms with Crippen molar-refractivity contribution in [2.45, 2.75) is 31.3 Å². The van der Waals surface area contributed by atoms with Gasteiger partial charge in [-0.3, -0.25) is 4.79 Å². The third kappa shape index (κ3) is 3.77. The molecular formula is C20H23N3O4S. The molecule has 0 aliphatic carbocycles. The molecule has 0 saturated carbocycles. The Hall–Kier alpha value is -2.74. The van der Waals surface area contributed by atoms with Crippen molar-refractivity contribution >= 4 is 23.5 Å². The van der Waals surface area contributed by atoms with Crippen molar-refractivity contribution in [3.63, 3.8) is 0 Å². The Kier molecular flexibility index (Phi) is 6.08. The molecule has 148 valence electrons. The number of nitrogens with one attached hydrogen (secondary N) is 2. The predicted molar refractivity (Wildman–Crippen MR) is 109 cm³/mol. The van der Waals surface area contributed by atoms with Gasteiger partial charge < -0.3 is 19.8 Å². The first-order valence-corrected chi connectivity index (χ1v) is 9.95. The van der Waals surface area contributed by atoms with Crippen LogP contribution in [0.1, 0.15) is 37.3 Å². The number of H-pyrrole nitrogens is 1. The Morgan fingerprint density at radius 2 is 1.96 bits per heavy atom. The van der Waals surface area contributed by atoms with E-state index in [1.807, 2.05) is 12.1 Å². The predicted octanol–water partition coefficient (Wildman–Crippen LogP) is 3.29. The standard InChI is InChI=1S/C20H23N3O4S/c1-5-10-28-20-22-17-16(18(24)23-20)15(12-6-8-13(26-3)9-7-12)14(11(2)21-17)19(25)27-4/h6-9,15H,5,10H2,1-4H3,(H2,21,22,23,24)/t15-/m0/s1. The lowest BCUT2D eigenvalue weighted by Crippen LogP contribution is -2.31. The highest BCUT2D eigenvalue weighted by molar-refractivity contribution is 7.99. The average molecular weight is 401 g/mol. The summed E-state index contributed by atoms with van der Waals surface area (Å²) in [4.78, 5) is 32.9. The maximum absolute atomic E-state index is 13.0. The molecule has 2 N–H and O–H groups in total. The van der Waals surface area contributed by atoms with Crippen LogP contribution in [0.4, 0.5) is 5.82 Å². The highest BCUT2D eigenvalue weighted by atomic mass is 32.2. The smallest absolute Gasteiger partial charge is 0.336 e. The molecule has 0 saturated heterocycles. The van der Waals surface area contributed by atoms with E-state index >= 15 is 0 Å². The Bertz CT molecular complexity index is 966. The highest BCUT2D eigenvalue weighted by Gasteiger charge is 2.36. The zero-order chi connectivity index (χ0) is 20.3. The quantitative estimate of drug-likeness (QED) is 0.436. The van der Waals surface area contributed by atoms with Crippen molar-refractivity contribution in [1.82, 2.24) is 9.97 Å². The van der Waals surface area contributed by atoms with Gasteiger partial charge in [0.05, 0.1) is 31.3 Å². The molecule has 3 rings (SSSR count). The molecule has 1 atom stereocenters. The lowest BCUT2D eigenvalue weighted by atomic mass is 9.82. The number of nitrogens with zero attached hydrogens (tertiary/aromatic N) is 1. The second-order valence-electron chi connectivity index (χ2n) is 6.34. The van der Waals surface area contributed by atoms with E-state index < -0.39 is 11.9 Å². The van der Waals surface area contributed by atoms with Crippen molar-refractivity contribution < 1.29 is 14.3 Å². The van der Waals surface area contributed by atoms with Gasteiger partial charge in [-0.05, 0) is 31.0 Å². The minimum Gasteiger partial charge on any atom is -0.497 e. The van der Waals surface area contributed by atoms with Gasteiger partial charge in [-0.1, -0.05) is 30.8 Å². The first kappa shape index (κ1) is 20.0. The lowest BCUT2D eigenvalue weighted by Gasteiger charge is -2.28. The number of fused-ring (bicyclic) bond motifs is 1. The summed E-state index contributed by atoms with van der Waals surface area (Å²) < 4.78 is 10.2. The van der Waals surface area contributed by atoms with Crippen molar-refractivity contribution in [2.24, 2.45) is 0 Å². The molecule has 0 unspecified atom stereocenters. The number of hydrogen-bond acceptors (Lipinski definition) is 7. The van der Waals surface area contributed by atoms with Crippen LogP contribution in [0.25, 0.3) is 0 Å². The van der Waals surface area contributed by atoms with E-state index in [9.17, 15) is 9.59 Å². The summed E-state index contributed by atoms with van der Waals surface area (Å²) in [6.07, 6.45) is 0.971. The van der Waals surface area contributed by atoms with Gasteiger partial charge >= 0.3 is 5.97 Å². The number of aromatic amines is 1.